The third-order valence-electron chi connectivity index (χ3n) is 4.99. The number of hydrogen-bond acceptors (Lipinski definition) is 6. The van der Waals surface area contributed by atoms with Crippen molar-refractivity contribution in [1.82, 2.24) is 0 Å². The first-order valence-electron chi connectivity index (χ1n) is 10.1. The van der Waals surface area contributed by atoms with Gasteiger partial charge in [-0.15, -0.1) is 0 Å². The Morgan fingerprint density at radius 2 is 0.865 bits per heavy atom. The van der Waals surface area contributed by atoms with E-state index in [1.807, 2.05) is 0 Å². The van der Waals surface area contributed by atoms with E-state index < -0.39 is 53.3 Å². The summed E-state index contributed by atoms with van der Waals surface area (Å²) in [5.41, 5.74) is -0.672. The van der Waals surface area contributed by atoms with Gasteiger partial charge in [0.15, 0.2) is 0 Å². The van der Waals surface area contributed by atoms with Crippen molar-refractivity contribution in [2.45, 2.75) is 18.1 Å². The van der Waals surface area contributed by atoms with Gasteiger partial charge in [-0.25, -0.2) is 9.80 Å². The Balaban J connectivity index is 1.55. The van der Waals surface area contributed by atoms with Gasteiger partial charge >= 0.3 is 18.1 Å². The van der Waals surface area contributed by atoms with Crippen LogP contribution in [0.15, 0.2) is 72.8 Å². The molecular weight excluding hydrogens is 514 g/mol. The minimum atomic E-state index is -6.27. The monoisotopic (exact) mass is 526 g/mol. The number of halogens is 6. The molecule has 0 saturated carbocycles. The van der Waals surface area contributed by atoms with Crippen LogP contribution in [0, 0.1) is 0 Å². The predicted octanol–water partition coefficient (Wildman–Crippen LogP) is 3.82. The molecule has 0 N–H and O–H groups in total. The minimum absolute atomic E-state index is 0.336. The van der Waals surface area contributed by atoms with Crippen molar-refractivity contribution in [3.63, 3.8) is 0 Å². The van der Waals surface area contributed by atoms with Crippen LogP contribution in [0.5, 0.6) is 11.5 Å². The molecule has 0 fully saturated rings. The Bertz CT molecular complexity index is 1240. The summed E-state index contributed by atoms with van der Waals surface area (Å²) in [6.07, 6.45) is -8.24. The lowest BCUT2D eigenvalue weighted by molar-refractivity contribution is -0.415. The summed E-state index contributed by atoms with van der Waals surface area (Å²) < 4.78 is 94.1. The smallest absolute Gasteiger partial charge is 0.428 e. The van der Waals surface area contributed by atoms with Crippen LogP contribution in [0.3, 0.4) is 0 Å². The van der Waals surface area contributed by atoms with Crippen molar-refractivity contribution >= 4 is 35.0 Å². The number of hydrogen-bond donors (Lipinski definition) is 0. The molecule has 14 heteroatoms. The second-order valence-electron chi connectivity index (χ2n) is 7.50. The largest absolute Gasteiger partial charge is 0.475 e. The molecule has 2 aliphatic rings. The van der Waals surface area contributed by atoms with E-state index in [1.165, 1.54) is 0 Å². The van der Waals surface area contributed by atoms with Crippen molar-refractivity contribution < 1.29 is 55.0 Å². The summed E-state index contributed by atoms with van der Waals surface area (Å²) in [5, 5.41) is 0. The van der Waals surface area contributed by atoms with Gasteiger partial charge in [-0.2, -0.15) is 26.3 Å². The first-order valence-corrected chi connectivity index (χ1v) is 10.1. The zero-order chi connectivity index (χ0) is 27.2. The molecule has 192 valence electrons. The standard InChI is InChI=1S/C23H12F6N2O6/c24-21(25,22(26,27)36-15-5-1-3-13(11-15)30-17(32)7-8-18(30)33)23(28,29)37-16-6-2-4-14(12-16)31-19(34)9-10-20(31)35/h1-12H. The van der Waals surface area contributed by atoms with Crippen LogP contribution in [-0.2, 0) is 19.2 Å². The maximum absolute atomic E-state index is 14.4. The zero-order valence-corrected chi connectivity index (χ0v) is 18.0. The third-order valence-corrected chi connectivity index (χ3v) is 4.99. The fraction of sp³-hybridized carbons (Fsp3) is 0.130. The third kappa shape index (κ3) is 4.52. The van der Waals surface area contributed by atoms with E-state index in [-0.39, 0.29) is 11.4 Å². The summed E-state index contributed by atoms with van der Waals surface area (Å²) in [5.74, 6) is -11.8. The van der Waals surface area contributed by atoms with E-state index in [1.54, 1.807) is 0 Å². The van der Waals surface area contributed by atoms with Gasteiger partial charge in [-0.05, 0) is 24.3 Å². The number of rotatable bonds is 8. The molecule has 0 aliphatic carbocycles. The Hall–Kier alpha value is -4.62. The molecule has 4 rings (SSSR count). The van der Waals surface area contributed by atoms with Crippen molar-refractivity contribution in [3.05, 3.63) is 72.8 Å². The Kier molecular flexibility index (Phi) is 6.06. The highest BCUT2D eigenvalue weighted by Crippen LogP contribution is 2.47. The highest BCUT2D eigenvalue weighted by molar-refractivity contribution is 6.28. The molecule has 0 radical (unpaired) electrons. The molecular formula is C23H12F6N2O6. The fourth-order valence-corrected chi connectivity index (χ4v) is 3.28. The maximum atomic E-state index is 14.4. The molecule has 2 heterocycles. The van der Waals surface area contributed by atoms with Crippen molar-refractivity contribution in [3.8, 4) is 11.5 Å². The van der Waals surface area contributed by atoms with Gasteiger partial charge in [0.1, 0.15) is 11.5 Å². The summed E-state index contributed by atoms with van der Waals surface area (Å²) >= 11 is 0. The quantitative estimate of drug-likeness (QED) is 0.384. The lowest BCUT2D eigenvalue weighted by Gasteiger charge is -2.32. The van der Waals surface area contributed by atoms with Crippen LogP contribution < -0.4 is 19.3 Å². The average Bonchev–Trinajstić information content (AvgIpc) is 3.33. The molecule has 2 aromatic rings. The molecule has 0 atom stereocenters. The van der Waals surface area contributed by atoms with Crippen LogP contribution in [-0.4, -0.2) is 41.8 Å². The Morgan fingerprint density at radius 3 is 1.19 bits per heavy atom. The van der Waals surface area contributed by atoms with Gasteiger partial charge in [-0.3, -0.25) is 19.2 Å². The van der Waals surface area contributed by atoms with Crippen LogP contribution in [0.2, 0.25) is 0 Å². The second kappa shape index (κ2) is 8.80. The van der Waals surface area contributed by atoms with Crippen LogP contribution in [0.4, 0.5) is 37.7 Å². The number of nitrogens with zero attached hydrogens (tertiary/aromatic N) is 2. The average molecular weight is 526 g/mol. The van der Waals surface area contributed by atoms with E-state index in [0.29, 0.717) is 34.1 Å². The summed E-state index contributed by atoms with van der Waals surface area (Å²) in [4.78, 5) is 48.0. The number of anilines is 2. The number of imide groups is 2. The van der Waals surface area contributed by atoms with Gasteiger partial charge in [0.25, 0.3) is 23.6 Å². The fourth-order valence-electron chi connectivity index (χ4n) is 3.28. The highest BCUT2D eigenvalue weighted by atomic mass is 19.4. The molecule has 0 saturated heterocycles. The number of alkyl halides is 6. The topological polar surface area (TPSA) is 93.2 Å². The van der Waals surface area contributed by atoms with E-state index in [4.69, 9.17) is 0 Å². The first-order chi connectivity index (χ1) is 17.2. The molecule has 0 bridgehead atoms. The van der Waals surface area contributed by atoms with Gasteiger partial charge in [0.2, 0.25) is 0 Å². The summed E-state index contributed by atoms with van der Waals surface area (Å²) in [7, 11) is 0. The number of ether oxygens (including phenoxy) is 2. The van der Waals surface area contributed by atoms with Gasteiger partial charge in [-0.1, -0.05) is 12.1 Å². The van der Waals surface area contributed by atoms with Crippen molar-refractivity contribution in [2.24, 2.45) is 0 Å². The molecule has 8 nitrogen and oxygen atoms in total. The summed E-state index contributed by atoms with van der Waals surface area (Å²) in [6.45, 7) is 0. The number of benzene rings is 2. The number of carbonyl (C=O) groups excluding carboxylic acids is 4. The van der Waals surface area contributed by atoms with Gasteiger partial charge in [0.05, 0.1) is 11.4 Å². The van der Waals surface area contributed by atoms with Crippen LogP contribution >= 0.6 is 0 Å². The molecule has 2 aliphatic heterocycles. The first kappa shape index (κ1) is 25.5. The van der Waals surface area contributed by atoms with Gasteiger partial charge < -0.3 is 9.47 Å². The maximum Gasteiger partial charge on any atom is 0.475 e. The molecule has 0 spiro atoms. The number of amides is 4. The molecule has 37 heavy (non-hydrogen) atoms. The summed E-state index contributed by atoms with van der Waals surface area (Å²) in [6, 6.07) is 6.77. The SMILES string of the molecule is O=C1C=CC(=O)N1c1cccc(OC(F)(F)C(F)(F)C(F)(F)Oc2cccc(N3C(=O)C=CC3=O)c2)c1. The minimum Gasteiger partial charge on any atom is -0.428 e. The molecule has 2 aromatic carbocycles. The van der Waals surface area contributed by atoms with E-state index in [9.17, 15) is 45.5 Å². The predicted molar refractivity (Wildman–Crippen MR) is 112 cm³/mol. The normalized spacial score (nSPS) is 16.3. The van der Waals surface area contributed by atoms with Crippen molar-refractivity contribution in [1.29, 1.82) is 0 Å². The Labute approximate surface area is 202 Å². The lowest BCUT2D eigenvalue weighted by atomic mass is 10.2. The Morgan fingerprint density at radius 1 is 0.541 bits per heavy atom. The molecule has 4 amide bonds. The zero-order valence-electron chi connectivity index (χ0n) is 18.0. The van der Waals surface area contributed by atoms with Crippen LogP contribution in [0.25, 0.3) is 0 Å². The molecule has 0 unspecified atom stereocenters. The van der Waals surface area contributed by atoms with Crippen LogP contribution in [0.1, 0.15) is 0 Å². The van der Waals surface area contributed by atoms with E-state index in [2.05, 4.69) is 9.47 Å². The lowest BCUT2D eigenvalue weighted by Crippen LogP contribution is -2.59. The van der Waals surface area contributed by atoms with E-state index in [0.717, 1.165) is 48.6 Å². The van der Waals surface area contributed by atoms with Gasteiger partial charge in [0, 0.05) is 36.4 Å². The molecule has 0 aromatic heterocycles. The number of carbonyl (C=O) groups is 4. The second-order valence-corrected chi connectivity index (χ2v) is 7.50. The van der Waals surface area contributed by atoms with Crippen molar-refractivity contribution in [2.75, 3.05) is 9.80 Å². The highest BCUT2D eigenvalue weighted by Gasteiger charge is 2.77. The van der Waals surface area contributed by atoms with E-state index >= 15 is 0 Å².